The number of nitrogens with one attached hydrogen (secondary N) is 2. The number of alkyl halides is 3. The number of hydrogen-bond acceptors (Lipinski definition) is 2. The molecule has 0 bridgehead atoms. The molecule has 2 aromatic rings. The fraction of sp³-hybridized carbons (Fsp3) is 0.412. The summed E-state index contributed by atoms with van der Waals surface area (Å²) in [4.78, 5) is 0. The Bertz CT molecular complexity index is 782. The van der Waals surface area contributed by atoms with Crippen molar-refractivity contribution in [2.75, 3.05) is 11.9 Å². The van der Waals surface area contributed by atoms with Gasteiger partial charge in [0.25, 0.3) is 0 Å². The molecular formula is C17H20BrF3N4S. The van der Waals surface area contributed by atoms with Crippen molar-refractivity contribution in [3.8, 4) is 0 Å². The van der Waals surface area contributed by atoms with Crippen LogP contribution < -0.4 is 10.6 Å². The fourth-order valence-corrected chi connectivity index (χ4v) is 3.30. The van der Waals surface area contributed by atoms with E-state index in [1.165, 1.54) is 4.68 Å². The smallest absolute Gasteiger partial charge is 0.362 e. The van der Waals surface area contributed by atoms with Gasteiger partial charge in [0.05, 0.1) is 10.2 Å². The third-order valence-electron chi connectivity index (χ3n) is 3.71. The van der Waals surface area contributed by atoms with E-state index < -0.39 is 11.9 Å². The molecule has 2 rings (SSSR count). The molecule has 0 aliphatic carbocycles. The van der Waals surface area contributed by atoms with Crippen molar-refractivity contribution in [2.45, 2.75) is 39.9 Å². The number of halogens is 4. The lowest BCUT2D eigenvalue weighted by Crippen LogP contribution is -2.30. The SMILES string of the molecule is Cc1cc(C)cc(NC(=S)NCCCn2nc(C(F)(F)F)c(Br)c2C)c1. The minimum absolute atomic E-state index is 0.00929. The zero-order valence-electron chi connectivity index (χ0n) is 14.7. The molecule has 0 spiro atoms. The fourth-order valence-electron chi connectivity index (χ4n) is 2.58. The maximum Gasteiger partial charge on any atom is 0.436 e. The Hall–Kier alpha value is -1.61. The quantitative estimate of drug-likeness (QED) is 0.500. The van der Waals surface area contributed by atoms with Gasteiger partial charge in [0.15, 0.2) is 10.8 Å². The van der Waals surface area contributed by atoms with E-state index in [0.29, 0.717) is 30.3 Å². The Morgan fingerprint density at radius 2 is 1.81 bits per heavy atom. The number of nitrogens with zero attached hydrogens (tertiary/aromatic N) is 2. The summed E-state index contributed by atoms with van der Waals surface area (Å²) in [5, 5.41) is 10.3. The van der Waals surface area contributed by atoms with Crippen LogP contribution in [0.4, 0.5) is 18.9 Å². The number of aryl methyl sites for hydroxylation is 3. The highest BCUT2D eigenvalue weighted by Gasteiger charge is 2.37. The molecular weight excluding hydrogens is 429 g/mol. The van der Waals surface area contributed by atoms with Crippen LogP contribution in [-0.4, -0.2) is 21.4 Å². The maximum atomic E-state index is 12.9. The second-order valence-electron chi connectivity index (χ2n) is 6.08. The van der Waals surface area contributed by atoms with Crippen LogP contribution in [-0.2, 0) is 12.7 Å². The third-order valence-corrected chi connectivity index (χ3v) is 4.91. The summed E-state index contributed by atoms with van der Waals surface area (Å²) in [5.74, 6) is 0. The standard InChI is InChI=1S/C17H20BrF3N4S/c1-10-7-11(2)9-13(8-10)23-16(26)22-5-4-6-25-12(3)14(18)15(24-25)17(19,20)21/h7-9H,4-6H2,1-3H3,(H2,22,23,26). The molecule has 1 aromatic carbocycles. The van der Waals surface area contributed by atoms with E-state index in [0.717, 1.165) is 16.8 Å². The van der Waals surface area contributed by atoms with Gasteiger partial charge in [0.1, 0.15) is 0 Å². The van der Waals surface area contributed by atoms with E-state index in [4.69, 9.17) is 12.2 Å². The molecule has 1 heterocycles. The summed E-state index contributed by atoms with van der Waals surface area (Å²) < 4.78 is 39.9. The summed E-state index contributed by atoms with van der Waals surface area (Å²) in [5.41, 5.74) is 2.73. The van der Waals surface area contributed by atoms with Crippen LogP contribution in [0.5, 0.6) is 0 Å². The highest BCUT2D eigenvalue weighted by Crippen LogP contribution is 2.35. The molecule has 0 amide bonds. The predicted octanol–water partition coefficient (Wildman–Crippen LogP) is 4.97. The first-order valence-electron chi connectivity index (χ1n) is 8.01. The molecule has 2 N–H and O–H groups in total. The molecule has 26 heavy (non-hydrogen) atoms. The molecule has 0 aliphatic rings. The Morgan fingerprint density at radius 3 is 2.35 bits per heavy atom. The van der Waals surface area contributed by atoms with E-state index in [2.05, 4.69) is 37.7 Å². The first-order chi connectivity index (χ1) is 12.1. The molecule has 0 unspecified atom stereocenters. The average Bonchev–Trinajstić information content (AvgIpc) is 2.78. The zero-order valence-corrected chi connectivity index (χ0v) is 17.1. The Balaban J connectivity index is 1.84. The molecule has 0 atom stereocenters. The molecule has 4 nitrogen and oxygen atoms in total. The number of anilines is 1. The van der Waals surface area contributed by atoms with E-state index in [-0.39, 0.29) is 4.47 Å². The van der Waals surface area contributed by atoms with Crippen LogP contribution in [0.3, 0.4) is 0 Å². The van der Waals surface area contributed by atoms with Crippen molar-refractivity contribution in [2.24, 2.45) is 0 Å². The predicted molar refractivity (Wildman–Crippen MR) is 104 cm³/mol. The van der Waals surface area contributed by atoms with Gasteiger partial charge in [-0.3, -0.25) is 4.68 Å². The summed E-state index contributed by atoms with van der Waals surface area (Å²) in [7, 11) is 0. The van der Waals surface area contributed by atoms with Gasteiger partial charge < -0.3 is 10.6 Å². The average molecular weight is 449 g/mol. The normalized spacial score (nSPS) is 11.5. The number of rotatable bonds is 5. The van der Waals surface area contributed by atoms with Gasteiger partial charge >= 0.3 is 6.18 Å². The third kappa shape index (κ3) is 5.44. The van der Waals surface area contributed by atoms with E-state index in [9.17, 15) is 13.2 Å². The Labute approximate surface area is 164 Å². The number of thiocarbonyl (C=S) groups is 1. The van der Waals surface area contributed by atoms with E-state index >= 15 is 0 Å². The lowest BCUT2D eigenvalue weighted by Gasteiger charge is -2.12. The van der Waals surface area contributed by atoms with E-state index in [1.54, 1.807) is 6.92 Å². The summed E-state index contributed by atoms with van der Waals surface area (Å²) in [6, 6.07) is 6.05. The van der Waals surface area contributed by atoms with Gasteiger partial charge in [0.2, 0.25) is 0 Å². The Kier molecular flexibility index (Phi) is 6.68. The molecule has 9 heteroatoms. The van der Waals surface area contributed by atoms with Crippen molar-refractivity contribution in [3.05, 3.63) is 45.2 Å². The minimum Gasteiger partial charge on any atom is -0.362 e. The van der Waals surface area contributed by atoms with Crippen LogP contribution in [0.2, 0.25) is 0 Å². The highest BCUT2D eigenvalue weighted by atomic mass is 79.9. The molecule has 0 saturated heterocycles. The molecule has 0 aliphatic heterocycles. The van der Waals surface area contributed by atoms with Gasteiger partial charge in [-0.2, -0.15) is 18.3 Å². The van der Waals surface area contributed by atoms with Crippen LogP contribution >= 0.6 is 28.1 Å². The van der Waals surface area contributed by atoms with Gasteiger partial charge in [-0.15, -0.1) is 0 Å². The molecule has 0 fully saturated rings. The first-order valence-corrected chi connectivity index (χ1v) is 9.21. The molecule has 1 aromatic heterocycles. The van der Waals surface area contributed by atoms with Crippen LogP contribution in [0.1, 0.15) is 28.9 Å². The monoisotopic (exact) mass is 448 g/mol. The lowest BCUT2D eigenvalue weighted by atomic mass is 10.1. The molecule has 0 saturated carbocycles. The van der Waals surface area contributed by atoms with Gasteiger partial charge in [-0.05, 0) is 78.6 Å². The minimum atomic E-state index is -4.47. The number of hydrogen-bond donors (Lipinski definition) is 2. The molecule has 0 radical (unpaired) electrons. The highest BCUT2D eigenvalue weighted by molar-refractivity contribution is 9.10. The maximum absolute atomic E-state index is 12.9. The van der Waals surface area contributed by atoms with Crippen molar-refractivity contribution >= 4 is 38.9 Å². The van der Waals surface area contributed by atoms with Crippen LogP contribution in [0.25, 0.3) is 0 Å². The summed E-state index contributed by atoms with van der Waals surface area (Å²) >= 11 is 8.22. The van der Waals surface area contributed by atoms with E-state index in [1.807, 2.05) is 26.0 Å². The van der Waals surface area contributed by atoms with Crippen LogP contribution in [0.15, 0.2) is 22.7 Å². The summed E-state index contributed by atoms with van der Waals surface area (Å²) in [6.45, 7) is 6.50. The first kappa shape index (κ1) is 20.7. The Morgan fingerprint density at radius 1 is 1.19 bits per heavy atom. The largest absolute Gasteiger partial charge is 0.436 e. The van der Waals surface area contributed by atoms with Gasteiger partial charge in [-0.25, -0.2) is 0 Å². The van der Waals surface area contributed by atoms with Gasteiger partial charge in [-0.1, -0.05) is 6.07 Å². The van der Waals surface area contributed by atoms with Gasteiger partial charge in [0, 0.05) is 18.8 Å². The number of aromatic nitrogens is 2. The van der Waals surface area contributed by atoms with Crippen molar-refractivity contribution in [3.63, 3.8) is 0 Å². The second kappa shape index (κ2) is 8.39. The number of benzene rings is 1. The van der Waals surface area contributed by atoms with Crippen molar-refractivity contribution in [1.29, 1.82) is 0 Å². The second-order valence-corrected chi connectivity index (χ2v) is 7.28. The van der Waals surface area contributed by atoms with Crippen LogP contribution in [0, 0.1) is 20.8 Å². The van der Waals surface area contributed by atoms with Crippen molar-refractivity contribution < 1.29 is 13.2 Å². The van der Waals surface area contributed by atoms with Crippen molar-refractivity contribution in [1.82, 2.24) is 15.1 Å². The zero-order chi connectivity index (χ0) is 19.5. The molecule has 142 valence electrons. The topological polar surface area (TPSA) is 41.9 Å². The lowest BCUT2D eigenvalue weighted by molar-refractivity contribution is -0.142. The summed E-state index contributed by atoms with van der Waals surface area (Å²) in [6.07, 6.45) is -3.88.